The minimum Gasteiger partial charge on any atom is -0.480 e. The molecule has 0 bridgehead atoms. The van der Waals surface area contributed by atoms with Gasteiger partial charge in [-0.3, -0.25) is 14.9 Å². The Hall–Kier alpha value is -1.88. The average molecular weight is 248 g/mol. The zero-order valence-electron chi connectivity index (χ0n) is 10.2. The van der Waals surface area contributed by atoms with E-state index in [0.717, 1.165) is 12.0 Å². The van der Waals surface area contributed by atoms with Gasteiger partial charge in [-0.25, -0.2) is 0 Å². The van der Waals surface area contributed by atoms with E-state index in [-0.39, 0.29) is 18.6 Å². The van der Waals surface area contributed by atoms with Gasteiger partial charge in [0.05, 0.1) is 6.54 Å². The lowest BCUT2D eigenvalue weighted by molar-refractivity contribution is -0.136. The predicted molar refractivity (Wildman–Crippen MR) is 66.1 cm³/mol. The fraction of sp³-hybridized carbons (Fsp3) is 0.385. The van der Waals surface area contributed by atoms with Crippen LogP contribution in [0.2, 0.25) is 0 Å². The van der Waals surface area contributed by atoms with Crippen LogP contribution in [-0.4, -0.2) is 35.0 Å². The van der Waals surface area contributed by atoms with Crippen LogP contribution in [0.1, 0.15) is 35.4 Å². The van der Waals surface area contributed by atoms with Crippen LogP contribution in [0.25, 0.3) is 0 Å². The minimum absolute atomic E-state index is 0.0321. The number of amides is 1. The van der Waals surface area contributed by atoms with Crippen LogP contribution in [0.5, 0.6) is 0 Å². The highest BCUT2D eigenvalue weighted by Crippen LogP contribution is 2.31. The highest BCUT2D eigenvalue weighted by atomic mass is 16.4. The minimum atomic E-state index is -0.928. The number of carbonyl (C=O) groups excluding carboxylic acids is 1. The fourth-order valence-corrected chi connectivity index (χ4v) is 2.25. The van der Waals surface area contributed by atoms with Crippen LogP contribution in [0.3, 0.4) is 0 Å². The monoisotopic (exact) mass is 248 g/mol. The van der Waals surface area contributed by atoms with E-state index in [1.165, 1.54) is 0 Å². The van der Waals surface area contributed by atoms with Gasteiger partial charge in [-0.1, -0.05) is 25.1 Å². The van der Waals surface area contributed by atoms with Gasteiger partial charge >= 0.3 is 5.97 Å². The van der Waals surface area contributed by atoms with Crippen molar-refractivity contribution in [3.8, 4) is 0 Å². The molecule has 1 aromatic carbocycles. The first-order valence-electron chi connectivity index (χ1n) is 6.00. The lowest BCUT2D eigenvalue weighted by Crippen LogP contribution is -2.39. The Bertz CT molecular complexity index is 473. The zero-order valence-corrected chi connectivity index (χ0v) is 10.2. The fourth-order valence-electron chi connectivity index (χ4n) is 2.25. The normalized spacial score (nSPS) is 17.9. The van der Waals surface area contributed by atoms with Gasteiger partial charge < -0.3 is 10.0 Å². The number of hydrogen-bond donors (Lipinski definition) is 2. The second kappa shape index (κ2) is 5.18. The summed E-state index contributed by atoms with van der Waals surface area (Å²) in [6.45, 7) is 2.45. The number of aliphatic carboxylic acids is 1. The third-order valence-electron chi connectivity index (χ3n) is 2.97. The van der Waals surface area contributed by atoms with E-state index < -0.39 is 5.97 Å². The summed E-state index contributed by atoms with van der Waals surface area (Å²) in [5.41, 5.74) is 1.52. The number of carbonyl (C=O) groups is 2. The Labute approximate surface area is 105 Å². The van der Waals surface area contributed by atoms with Crippen LogP contribution >= 0.6 is 0 Å². The molecular weight excluding hydrogens is 232 g/mol. The molecule has 0 aliphatic carbocycles. The van der Waals surface area contributed by atoms with Crippen molar-refractivity contribution in [2.45, 2.75) is 19.5 Å². The van der Waals surface area contributed by atoms with E-state index in [0.29, 0.717) is 12.1 Å². The van der Waals surface area contributed by atoms with Gasteiger partial charge in [0.15, 0.2) is 0 Å². The van der Waals surface area contributed by atoms with E-state index in [2.05, 4.69) is 5.32 Å². The van der Waals surface area contributed by atoms with Crippen LogP contribution in [0.15, 0.2) is 24.3 Å². The highest BCUT2D eigenvalue weighted by molar-refractivity contribution is 5.99. The molecule has 1 unspecified atom stereocenters. The van der Waals surface area contributed by atoms with Crippen LogP contribution < -0.4 is 5.32 Å². The van der Waals surface area contributed by atoms with Crippen molar-refractivity contribution in [2.75, 3.05) is 13.1 Å². The van der Waals surface area contributed by atoms with E-state index in [9.17, 15) is 9.59 Å². The summed E-state index contributed by atoms with van der Waals surface area (Å²) in [4.78, 5) is 24.5. The Balaban J connectivity index is 2.27. The van der Waals surface area contributed by atoms with Gasteiger partial charge in [0.1, 0.15) is 6.17 Å². The van der Waals surface area contributed by atoms with Crippen LogP contribution in [-0.2, 0) is 4.79 Å². The standard InChI is InChI=1S/C13H16N2O3/c1-2-7-15-12(14-8-11(16)17)9-5-3-4-6-10(9)13(15)18/h3-6,12,14H,2,7-8H2,1H3,(H,16,17). The molecule has 18 heavy (non-hydrogen) atoms. The molecule has 1 amide bonds. The number of hydrogen-bond acceptors (Lipinski definition) is 3. The van der Waals surface area contributed by atoms with Gasteiger partial charge in [-0.15, -0.1) is 0 Å². The molecule has 1 atom stereocenters. The third kappa shape index (κ3) is 2.22. The van der Waals surface area contributed by atoms with Crippen molar-refractivity contribution in [1.82, 2.24) is 10.2 Å². The Morgan fingerprint density at radius 3 is 2.83 bits per heavy atom. The van der Waals surface area contributed by atoms with Crippen molar-refractivity contribution < 1.29 is 14.7 Å². The average Bonchev–Trinajstić information content (AvgIpc) is 2.62. The van der Waals surface area contributed by atoms with E-state index >= 15 is 0 Å². The Kier molecular flexibility index (Phi) is 3.62. The quantitative estimate of drug-likeness (QED) is 0.822. The van der Waals surface area contributed by atoms with E-state index in [1.54, 1.807) is 11.0 Å². The Morgan fingerprint density at radius 2 is 2.17 bits per heavy atom. The summed E-state index contributed by atoms with van der Waals surface area (Å²) in [5, 5.41) is 11.6. The van der Waals surface area contributed by atoms with Gasteiger partial charge in [-0.2, -0.15) is 0 Å². The molecule has 0 saturated carbocycles. The molecule has 96 valence electrons. The summed E-state index contributed by atoms with van der Waals surface area (Å²) in [5.74, 6) is -0.960. The maximum atomic E-state index is 12.2. The molecule has 2 rings (SSSR count). The van der Waals surface area contributed by atoms with Gasteiger partial charge in [0, 0.05) is 17.7 Å². The molecule has 0 radical (unpaired) electrons. The van der Waals surface area contributed by atoms with E-state index in [4.69, 9.17) is 5.11 Å². The molecule has 0 spiro atoms. The molecule has 0 saturated heterocycles. The van der Waals surface area contributed by atoms with Crippen molar-refractivity contribution in [3.05, 3.63) is 35.4 Å². The Morgan fingerprint density at radius 1 is 1.44 bits per heavy atom. The van der Waals surface area contributed by atoms with E-state index in [1.807, 2.05) is 25.1 Å². The summed E-state index contributed by atoms with van der Waals surface area (Å²) in [7, 11) is 0. The lowest BCUT2D eigenvalue weighted by atomic mass is 10.1. The second-order valence-electron chi connectivity index (χ2n) is 4.26. The van der Waals surface area contributed by atoms with Crippen molar-refractivity contribution in [1.29, 1.82) is 0 Å². The van der Waals surface area contributed by atoms with Crippen molar-refractivity contribution >= 4 is 11.9 Å². The summed E-state index contributed by atoms with van der Waals surface area (Å²) in [6, 6.07) is 7.32. The van der Waals surface area contributed by atoms with Crippen molar-refractivity contribution in [3.63, 3.8) is 0 Å². The molecule has 1 aliphatic rings. The molecular formula is C13H16N2O3. The number of carboxylic acids is 1. The van der Waals surface area contributed by atoms with Gasteiger partial charge in [0.25, 0.3) is 5.91 Å². The highest BCUT2D eigenvalue weighted by Gasteiger charge is 2.35. The first kappa shape index (κ1) is 12.6. The SMILES string of the molecule is CCCN1C(=O)c2ccccc2C1NCC(=O)O. The topological polar surface area (TPSA) is 69.6 Å². The summed E-state index contributed by atoms with van der Waals surface area (Å²) < 4.78 is 0. The number of nitrogens with zero attached hydrogens (tertiary/aromatic N) is 1. The van der Waals surface area contributed by atoms with Crippen molar-refractivity contribution in [2.24, 2.45) is 0 Å². The smallest absolute Gasteiger partial charge is 0.317 e. The largest absolute Gasteiger partial charge is 0.480 e. The lowest BCUT2D eigenvalue weighted by Gasteiger charge is -2.25. The number of fused-ring (bicyclic) bond motifs is 1. The molecule has 5 nitrogen and oxygen atoms in total. The predicted octanol–water partition coefficient (Wildman–Crippen LogP) is 1.23. The first-order valence-corrected chi connectivity index (χ1v) is 6.00. The maximum Gasteiger partial charge on any atom is 0.317 e. The zero-order chi connectivity index (χ0) is 13.1. The second-order valence-corrected chi connectivity index (χ2v) is 4.26. The van der Waals surface area contributed by atoms with Crippen LogP contribution in [0, 0.1) is 0 Å². The van der Waals surface area contributed by atoms with Gasteiger partial charge in [0.2, 0.25) is 0 Å². The first-order chi connectivity index (χ1) is 8.65. The molecule has 0 fully saturated rings. The summed E-state index contributed by atoms with van der Waals surface area (Å²) >= 11 is 0. The summed E-state index contributed by atoms with van der Waals surface area (Å²) in [6.07, 6.45) is 0.509. The molecule has 2 N–H and O–H groups in total. The number of nitrogens with one attached hydrogen (secondary N) is 1. The third-order valence-corrected chi connectivity index (χ3v) is 2.97. The number of benzene rings is 1. The molecule has 1 aromatic rings. The number of carboxylic acid groups (broad SMARTS) is 1. The van der Waals surface area contributed by atoms with Gasteiger partial charge in [-0.05, 0) is 12.5 Å². The molecule has 1 heterocycles. The number of rotatable bonds is 5. The molecule has 1 aliphatic heterocycles. The van der Waals surface area contributed by atoms with Crippen LogP contribution in [0.4, 0.5) is 0 Å². The molecule has 0 aromatic heterocycles. The molecule has 5 heteroatoms. The maximum absolute atomic E-state index is 12.2.